The van der Waals surface area contributed by atoms with Crippen molar-refractivity contribution < 1.29 is 9.32 Å². The van der Waals surface area contributed by atoms with E-state index in [-0.39, 0.29) is 5.91 Å². The van der Waals surface area contributed by atoms with Crippen molar-refractivity contribution in [3.05, 3.63) is 23.0 Å². The van der Waals surface area contributed by atoms with Gasteiger partial charge in [-0.1, -0.05) is 5.16 Å². The van der Waals surface area contributed by atoms with E-state index in [1.807, 2.05) is 27.1 Å². The van der Waals surface area contributed by atoms with E-state index in [1.165, 1.54) is 0 Å². The van der Waals surface area contributed by atoms with Gasteiger partial charge in [0.1, 0.15) is 0 Å². The summed E-state index contributed by atoms with van der Waals surface area (Å²) in [6, 6.07) is 1.92. The van der Waals surface area contributed by atoms with Gasteiger partial charge in [0.25, 0.3) is 11.6 Å². The highest BCUT2D eigenvalue weighted by atomic mass is 16.5. The van der Waals surface area contributed by atoms with Gasteiger partial charge in [-0.15, -0.1) is 0 Å². The Morgan fingerprint density at radius 2 is 2.29 bits per heavy atom. The molecule has 2 heterocycles. The zero-order valence-corrected chi connectivity index (χ0v) is 12.6. The summed E-state index contributed by atoms with van der Waals surface area (Å²) in [5.41, 5.74) is 2.79. The molecule has 0 saturated heterocycles. The van der Waals surface area contributed by atoms with Crippen LogP contribution in [-0.4, -0.2) is 48.1 Å². The topological polar surface area (TPSA) is 71.3 Å². The molecular weight excluding hydrogens is 268 g/mol. The van der Waals surface area contributed by atoms with Crippen LogP contribution < -0.4 is 5.32 Å². The van der Waals surface area contributed by atoms with Crippen LogP contribution in [0.15, 0.2) is 10.6 Å². The third-order valence-corrected chi connectivity index (χ3v) is 3.91. The SMILES string of the molecule is CNCCN(C)C(=O)c1cc(C2CC2)nc2onc(C)c12. The standard InChI is InChI=1S/C15H20N4O2/c1-9-13-11(15(20)19(3)7-6-16-2)8-12(10-4-5-10)17-14(13)21-18-9/h8,10,16H,4-7H2,1-3H3. The molecule has 3 rings (SSSR count). The molecule has 0 spiro atoms. The molecule has 1 saturated carbocycles. The average Bonchev–Trinajstić information content (AvgIpc) is 3.27. The third-order valence-electron chi connectivity index (χ3n) is 3.91. The second kappa shape index (κ2) is 5.44. The summed E-state index contributed by atoms with van der Waals surface area (Å²) in [7, 11) is 3.68. The fraction of sp³-hybridized carbons (Fsp3) is 0.533. The summed E-state index contributed by atoms with van der Waals surface area (Å²) in [5.74, 6) is 0.458. The Balaban J connectivity index is 2.02. The van der Waals surface area contributed by atoms with Gasteiger partial charge in [-0.2, -0.15) is 0 Å². The fourth-order valence-corrected chi connectivity index (χ4v) is 2.46. The molecule has 0 aromatic carbocycles. The first-order chi connectivity index (χ1) is 10.1. The number of nitrogens with zero attached hydrogens (tertiary/aromatic N) is 3. The van der Waals surface area contributed by atoms with Crippen LogP contribution in [0.5, 0.6) is 0 Å². The van der Waals surface area contributed by atoms with E-state index in [4.69, 9.17) is 4.52 Å². The maximum Gasteiger partial charge on any atom is 0.259 e. The lowest BCUT2D eigenvalue weighted by atomic mass is 10.1. The van der Waals surface area contributed by atoms with Gasteiger partial charge in [0, 0.05) is 31.7 Å². The number of amides is 1. The maximum atomic E-state index is 12.7. The second-order valence-corrected chi connectivity index (χ2v) is 5.65. The van der Waals surface area contributed by atoms with Crippen molar-refractivity contribution in [1.82, 2.24) is 20.4 Å². The van der Waals surface area contributed by atoms with Crippen LogP contribution in [0.3, 0.4) is 0 Å². The Hall–Kier alpha value is -1.95. The molecule has 112 valence electrons. The average molecular weight is 288 g/mol. The van der Waals surface area contributed by atoms with Gasteiger partial charge in [0.2, 0.25) is 0 Å². The number of fused-ring (bicyclic) bond motifs is 1. The predicted molar refractivity (Wildman–Crippen MR) is 79.4 cm³/mol. The second-order valence-electron chi connectivity index (χ2n) is 5.65. The van der Waals surface area contributed by atoms with Gasteiger partial charge in [0.05, 0.1) is 16.6 Å². The largest absolute Gasteiger partial charge is 0.340 e. The van der Waals surface area contributed by atoms with Crippen molar-refractivity contribution in [3.8, 4) is 0 Å². The van der Waals surface area contributed by atoms with E-state index in [0.717, 1.165) is 30.5 Å². The quantitative estimate of drug-likeness (QED) is 0.906. The van der Waals surface area contributed by atoms with Crippen LogP contribution in [0.2, 0.25) is 0 Å². The molecule has 1 aliphatic rings. The lowest BCUT2D eigenvalue weighted by Crippen LogP contribution is -2.33. The molecule has 0 radical (unpaired) electrons. The molecule has 2 aromatic rings. The molecule has 1 amide bonds. The number of carbonyl (C=O) groups excluding carboxylic acids is 1. The molecule has 0 aliphatic heterocycles. The molecular formula is C15H20N4O2. The molecule has 1 aliphatic carbocycles. The minimum atomic E-state index is -0.00847. The minimum absolute atomic E-state index is 0.00847. The Morgan fingerprint density at radius 1 is 1.52 bits per heavy atom. The summed E-state index contributed by atoms with van der Waals surface area (Å²) in [4.78, 5) is 18.9. The summed E-state index contributed by atoms with van der Waals surface area (Å²) < 4.78 is 5.27. The normalized spacial score (nSPS) is 14.6. The monoisotopic (exact) mass is 288 g/mol. The van der Waals surface area contributed by atoms with Gasteiger partial charge >= 0.3 is 0 Å². The van der Waals surface area contributed by atoms with E-state index >= 15 is 0 Å². The Labute approximate surface area is 123 Å². The van der Waals surface area contributed by atoms with Crippen molar-refractivity contribution in [2.45, 2.75) is 25.7 Å². The van der Waals surface area contributed by atoms with Crippen LogP contribution >= 0.6 is 0 Å². The zero-order chi connectivity index (χ0) is 15.0. The first-order valence-corrected chi connectivity index (χ1v) is 7.28. The molecule has 0 unspecified atom stereocenters. The number of pyridine rings is 1. The van der Waals surface area contributed by atoms with Crippen molar-refractivity contribution in [2.24, 2.45) is 0 Å². The van der Waals surface area contributed by atoms with Crippen molar-refractivity contribution in [1.29, 1.82) is 0 Å². The molecule has 2 aromatic heterocycles. The Kier molecular flexibility index (Phi) is 3.63. The Bertz CT molecular complexity index is 676. The molecule has 6 nitrogen and oxygen atoms in total. The third kappa shape index (κ3) is 2.63. The van der Waals surface area contributed by atoms with Crippen LogP contribution in [0, 0.1) is 6.92 Å². The van der Waals surface area contributed by atoms with E-state index in [9.17, 15) is 4.79 Å². The number of aryl methyl sites for hydroxylation is 1. The van der Waals surface area contributed by atoms with Crippen LogP contribution in [-0.2, 0) is 0 Å². The van der Waals surface area contributed by atoms with Gasteiger partial charge in [-0.05, 0) is 32.9 Å². The number of nitrogens with one attached hydrogen (secondary N) is 1. The summed E-state index contributed by atoms with van der Waals surface area (Å²) in [5, 5.41) is 7.75. The van der Waals surface area contributed by atoms with Crippen LogP contribution in [0.1, 0.15) is 40.5 Å². The number of hydrogen-bond acceptors (Lipinski definition) is 5. The van der Waals surface area contributed by atoms with Gasteiger partial charge in [0.15, 0.2) is 0 Å². The molecule has 1 fully saturated rings. The summed E-state index contributed by atoms with van der Waals surface area (Å²) in [6.45, 7) is 3.26. The highest BCUT2D eigenvalue weighted by molar-refractivity contribution is 6.06. The molecule has 0 bridgehead atoms. The molecule has 1 N–H and O–H groups in total. The van der Waals surface area contributed by atoms with Gasteiger partial charge in [-0.3, -0.25) is 4.79 Å². The maximum absolute atomic E-state index is 12.7. The Morgan fingerprint density at radius 3 is 2.95 bits per heavy atom. The first-order valence-electron chi connectivity index (χ1n) is 7.28. The van der Waals surface area contributed by atoms with Crippen molar-refractivity contribution in [3.63, 3.8) is 0 Å². The highest BCUT2D eigenvalue weighted by Crippen LogP contribution is 2.40. The highest BCUT2D eigenvalue weighted by Gasteiger charge is 2.29. The van der Waals surface area contributed by atoms with Crippen LogP contribution in [0.25, 0.3) is 11.1 Å². The van der Waals surface area contributed by atoms with Crippen molar-refractivity contribution in [2.75, 3.05) is 27.2 Å². The number of rotatable bonds is 5. The van der Waals surface area contributed by atoms with E-state index in [1.54, 1.807) is 4.90 Å². The lowest BCUT2D eigenvalue weighted by Gasteiger charge is -2.17. The number of aromatic nitrogens is 2. The zero-order valence-electron chi connectivity index (χ0n) is 12.6. The minimum Gasteiger partial charge on any atom is -0.340 e. The van der Waals surface area contributed by atoms with Gasteiger partial charge in [-0.25, -0.2) is 4.98 Å². The number of carbonyl (C=O) groups is 1. The van der Waals surface area contributed by atoms with E-state index in [0.29, 0.717) is 29.4 Å². The van der Waals surface area contributed by atoms with Crippen LogP contribution in [0.4, 0.5) is 0 Å². The summed E-state index contributed by atoms with van der Waals surface area (Å²) in [6.07, 6.45) is 2.27. The number of likely N-dealkylation sites (N-methyl/N-ethyl adjacent to an activating group) is 2. The molecule has 21 heavy (non-hydrogen) atoms. The van der Waals surface area contributed by atoms with E-state index in [2.05, 4.69) is 15.5 Å². The molecule has 6 heteroatoms. The van der Waals surface area contributed by atoms with Crippen molar-refractivity contribution >= 4 is 17.0 Å². The number of hydrogen-bond donors (Lipinski definition) is 1. The van der Waals surface area contributed by atoms with Gasteiger partial charge < -0.3 is 14.7 Å². The smallest absolute Gasteiger partial charge is 0.259 e. The predicted octanol–water partition coefficient (Wildman–Crippen LogP) is 1.70. The summed E-state index contributed by atoms with van der Waals surface area (Å²) >= 11 is 0. The fourth-order valence-electron chi connectivity index (χ4n) is 2.46. The first kappa shape index (κ1) is 14.0. The van der Waals surface area contributed by atoms with E-state index < -0.39 is 0 Å². The lowest BCUT2D eigenvalue weighted by molar-refractivity contribution is 0.0798. The molecule has 0 atom stereocenters.